The molecule has 0 aliphatic heterocycles. The molecule has 0 aliphatic carbocycles. The fourth-order valence-corrected chi connectivity index (χ4v) is 1.57. The highest BCUT2D eigenvalue weighted by Gasteiger charge is 2.16. The predicted octanol–water partition coefficient (Wildman–Crippen LogP) is 2.50. The highest BCUT2D eigenvalue weighted by Crippen LogP contribution is 2.23. The van der Waals surface area contributed by atoms with Crippen molar-refractivity contribution in [2.24, 2.45) is 0 Å². The van der Waals surface area contributed by atoms with Crippen LogP contribution in [-0.4, -0.2) is 10.9 Å². The summed E-state index contributed by atoms with van der Waals surface area (Å²) >= 11 is 0. The van der Waals surface area contributed by atoms with E-state index in [0.29, 0.717) is 0 Å². The third-order valence-electron chi connectivity index (χ3n) is 2.62. The van der Waals surface area contributed by atoms with Crippen molar-refractivity contribution in [3.8, 4) is 0 Å². The van der Waals surface area contributed by atoms with Crippen LogP contribution >= 0.6 is 0 Å². The Bertz CT molecular complexity index is 644. The van der Waals surface area contributed by atoms with Gasteiger partial charge in [0.25, 0.3) is 5.91 Å². The molecule has 1 heterocycles. The van der Waals surface area contributed by atoms with Gasteiger partial charge in [-0.1, -0.05) is 6.07 Å². The van der Waals surface area contributed by atoms with Crippen LogP contribution in [0.5, 0.6) is 0 Å². The zero-order valence-electron chi connectivity index (χ0n) is 10.1. The molecule has 0 fully saturated rings. The van der Waals surface area contributed by atoms with E-state index in [2.05, 4.69) is 10.3 Å². The first-order valence-corrected chi connectivity index (χ1v) is 5.46. The van der Waals surface area contributed by atoms with Crippen molar-refractivity contribution < 1.29 is 13.6 Å². The minimum atomic E-state index is -0.843. The second kappa shape index (κ2) is 5.01. The van der Waals surface area contributed by atoms with E-state index in [-0.39, 0.29) is 16.8 Å². The molecule has 0 radical (unpaired) electrons. The molecule has 2 rings (SSSR count). The molecule has 0 atom stereocenters. The number of carbonyl (C=O) groups excluding carboxylic acids is 1. The topological polar surface area (TPSA) is 68.0 Å². The summed E-state index contributed by atoms with van der Waals surface area (Å²) in [6, 6.07) is 3.75. The van der Waals surface area contributed by atoms with E-state index in [1.807, 2.05) is 0 Å². The first-order chi connectivity index (χ1) is 9.00. The lowest BCUT2D eigenvalue weighted by Crippen LogP contribution is -2.16. The number of anilines is 2. The number of nitrogens with two attached hydrogens (primary N) is 1. The number of benzene rings is 1. The molecule has 0 bridgehead atoms. The average molecular weight is 263 g/mol. The van der Waals surface area contributed by atoms with Crippen molar-refractivity contribution in [3.63, 3.8) is 0 Å². The van der Waals surface area contributed by atoms with Gasteiger partial charge in [0, 0.05) is 6.20 Å². The number of aryl methyl sites for hydroxylation is 1. The van der Waals surface area contributed by atoms with Crippen LogP contribution in [0.25, 0.3) is 0 Å². The molecule has 0 spiro atoms. The van der Waals surface area contributed by atoms with E-state index in [0.717, 1.165) is 6.07 Å². The van der Waals surface area contributed by atoms with E-state index in [1.165, 1.54) is 31.5 Å². The van der Waals surface area contributed by atoms with Crippen LogP contribution in [0.3, 0.4) is 0 Å². The van der Waals surface area contributed by atoms with Gasteiger partial charge in [-0.25, -0.2) is 8.78 Å². The lowest BCUT2D eigenvalue weighted by atomic mass is 10.1. The van der Waals surface area contributed by atoms with Gasteiger partial charge in [0.05, 0.1) is 17.4 Å². The Morgan fingerprint density at radius 1 is 1.32 bits per heavy atom. The maximum atomic E-state index is 13.7. The molecule has 1 aromatic carbocycles. The monoisotopic (exact) mass is 263 g/mol. The van der Waals surface area contributed by atoms with Crippen LogP contribution in [0.2, 0.25) is 0 Å². The van der Waals surface area contributed by atoms with Crippen LogP contribution in [0.4, 0.5) is 20.2 Å². The molecule has 0 aliphatic rings. The summed E-state index contributed by atoms with van der Waals surface area (Å²) in [5.74, 6) is -2.34. The van der Waals surface area contributed by atoms with Gasteiger partial charge in [0.15, 0.2) is 5.82 Å². The number of nitrogens with one attached hydrogen (secondary N) is 1. The molecule has 2 aromatic rings. The zero-order chi connectivity index (χ0) is 14.0. The molecular weight excluding hydrogens is 252 g/mol. The molecule has 0 saturated carbocycles. The summed E-state index contributed by atoms with van der Waals surface area (Å²) in [5, 5.41) is 2.18. The second-order valence-corrected chi connectivity index (χ2v) is 3.97. The fourth-order valence-electron chi connectivity index (χ4n) is 1.57. The number of amides is 1. The van der Waals surface area contributed by atoms with E-state index >= 15 is 0 Å². The number of halogens is 2. The van der Waals surface area contributed by atoms with Crippen LogP contribution < -0.4 is 11.1 Å². The van der Waals surface area contributed by atoms with Crippen molar-refractivity contribution in [1.82, 2.24) is 4.98 Å². The maximum absolute atomic E-state index is 13.7. The van der Waals surface area contributed by atoms with Crippen molar-refractivity contribution >= 4 is 17.3 Å². The van der Waals surface area contributed by atoms with Gasteiger partial charge in [-0.15, -0.1) is 0 Å². The van der Waals surface area contributed by atoms with Gasteiger partial charge >= 0.3 is 0 Å². The van der Waals surface area contributed by atoms with Gasteiger partial charge in [0.2, 0.25) is 0 Å². The number of pyridine rings is 1. The Kier molecular flexibility index (Phi) is 3.41. The number of nitrogen functional groups attached to an aromatic ring is 1. The summed E-state index contributed by atoms with van der Waals surface area (Å²) in [5.41, 5.74) is 5.56. The van der Waals surface area contributed by atoms with E-state index < -0.39 is 23.2 Å². The van der Waals surface area contributed by atoms with Crippen molar-refractivity contribution in [2.75, 3.05) is 11.1 Å². The Morgan fingerprint density at radius 2 is 2.05 bits per heavy atom. The fraction of sp³-hybridized carbons (Fsp3) is 0.0769. The summed E-state index contributed by atoms with van der Waals surface area (Å²) in [6.45, 7) is 1.48. The third kappa shape index (κ3) is 2.52. The van der Waals surface area contributed by atoms with Crippen molar-refractivity contribution in [2.45, 2.75) is 6.92 Å². The number of rotatable bonds is 2. The molecule has 0 saturated heterocycles. The molecule has 1 aromatic heterocycles. The standard InChI is InChI=1S/C13H11F2N3O/c1-7-2-3-9(14)12(11(7)15)18-13(19)8-4-5-17-6-10(8)16/h2-6H,16H2,1H3,(H,18,19). The molecule has 98 valence electrons. The second-order valence-electron chi connectivity index (χ2n) is 3.97. The molecule has 0 unspecified atom stereocenters. The van der Waals surface area contributed by atoms with E-state index in [9.17, 15) is 13.6 Å². The quantitative estimate of drug-likeness (QED) is 0.874. The highest BCUT2D eigenvalue weighted by molar-refractivity contribution is 6.07. The van der Waals surface area contributed by atoms with Gasteiger partial charge in [0.1, 0.15) is 11.5 Å². The van der Waals surface area contributed by atoms with E-state index in [4.69, 9.17) is 5.73 Å². The summed E-state index contributed by atoms with van der Waals surface area (Å²) in [7, 11) is 0. The van der Waals surface area contributed by atoms with Crippen LogP contribution in [0.15, 0.2) is 30.6 Å². The average Bonchev–Trinajstić information content (AvgIpc) is 2.39. The first kappa shape index (κ1) is 12.9. The summed E-state index contributed by atoms with van der Waals surface area (Å²) in [6.07, 6.45) is 2.66. The Labute approximate surface area is 108 Å². The smallest absolute Gasteiger partial charge is 0.258 e. The van der Waals surface area contributed by atoms with Gasteiger partial charge in [-0.2, -0.15) is 0 Å². The van der Waals surface area contributed by atoms with Crippen LogP contribution in [-0.2, 0) is 0 Å². The molecule has 19 heavy (non-hydrogen) atoms. The normalized spacial score (nSPS) is 10.3. The number of carbonyl (C=O) groups is 1. The minimum absolute atomic E-state index is 0.107. The SMILES string of the molecule is Cc1ccc(F)c(NC(=O)c2ccncc2N)c1F. The maximum Gasteiger partial charge on any atom is 0.258 e. The molecule has 1 amide bonds. The van der Waals surface area contributed by atoms with Crippen molar-refractivity contribution in [1.29, 1.82) is 0 Å². The largest absolute Gasteiger partial charge is 0.397 e. The van der Waals surface area contributed by atoms with Crippen LogP contribution in [0, 0.1) is 18.6 Å². The lowest BCUT2D eigenvalue weighted by Gasteiger charge is -2.10. The lowest BCUT2D eigenvalue weighted by molar-refractivity contribution is 0.102. The molecular formula is C13H11F2N3O. The van der Waals surface area contributed by atoms with Gasteiger partial charge in [-0.05, 0) is 24.6 Å². The van der Waals surface area contributed by atoms with E-state index in [1.54, 1.807) is 0 Å². The number of nitrogens with zero attached hydrogens (tertiary/aromatic N) is 1. The Hall–Kier alpha value is -2.50. The third-order valence-corrected chi connectivity index (χ3v) is 2.62. The Balaban J connectivity index is 2.35. The van der Waals surface area contributed by atoms with Gasteiger partial charge in [-0.3, -0.25) is 9.78 Å². The summed E-state index contributed by atoms with van der Waals surface area (Å²) in [4.78, 5) is 15.6. The van der Waals surface area contributed by atoms with Crippen LogP contribution in [0.1, 0.15) is 15.9 Å². The number of hydrogen-bond donors (Lipinski definition) is 2. The number of aromatic nitrogens is 1. The zero-order valence-corrected chi connectivity index (χ0v) is 10.1. The molecule has 3 N–H and O–H groups in total. The minimum Gasteiger partial charge on any atom is -0.397 e. The number of hydrogen-bond acceptors (Lipinski definition) is 3. The first-order valence-electron chi connectivity index (χ1n) is 5.46. The highest BCUT2D eigenvalue weighted by atomic mass is 19.1. The van der Waals surface area contributed by atoms with Crippen molar-refractivity contribution in [3.05, 3.63) is 53.4 Å². The predicted molar refractivity (Wildman–Crippen MR) is 67.7 cm³/mol. The molecule has 4 nitrogen and oxygen atoms in total. The summed E-state index contributed by atoms with van der Waals surface area (Å²) < 4.78 is 27.2. The Morgan fingerprint density at radius 3 is 2.74 bits per heavy atom. The molecule has 6 heteroatoms. The van der Waals surface area contributed by atoms with Gasteiger partial charge < -0.3 is 11.1 Å².